The zero-order chi connectivity index (χ0) is 37.3. The lowest BCUT2D eigenvalue weighted by Gasteiger charge is -2.21. The molecule has 0 saturated carbocycles. The van der Waals surface area contributed by atoms with Crippen molar-refractivity contribution < 1.29 is 24.2 Å². The van der Waals surface area contributed by atoms with Gasteiger partial charge in [0, 0.05) is 12.1 Å². The Bertz CT molecular complexity index is 1820. The number of hydrogen-bond acceptors (Lipinski definition) is 7. The molecule has 0 aliphatic heterocycles. The van der Waals surface area contributed by atoms with Gasteiger partial charge in [0.05, 0.1) is 36.4 Å². The van der Waals surface area contributed by atoms with E-state index in [0.29, 0.717) is 31.4 Å². The molecule has 9 heteroatoms. The number of aliphatic carboxylic acids is 1. The average Bonchev–Trinajstić information content (AvgIpc) is 3.16. The number of carboxylic acid groups (broad SMARTS) is 1. The smallest absolute Gasteiger partial charge is 0.308 e. The molecule has 52 heavy (non-hydrogen) atoms. The van der Waals surface area contributed by atoms with Gasteiger partial charge in [-0.05, 0) is 72.1 Å². The number of esters is 1. The molecule has 4 atom stereocenters. The Morgan fingerprint density at radius 1 is 0.692 bits per heavy atom. The third-order valence-corrected chi connectivity index (χ3v) is 8.69. The van der Waals surface area contributed by atoms with Crippen molar-refractivity contribution in [2.75, 3.05) is 6.61 Å². The molecule has 0 radical (unpaired) electrons. The van der Waals surface area contributed by atoms with Gasteiger partial charge < -0.3 is 20.9 Å². The third-order valence-electron chi connectivity index (χ3n) is 8.69. The van der Waals surface area contributed by atoms with Crippen LogP contribution < -0.4 is 11.1 Å². The Kier molecular flexibility index (Phi) is 15.2. The minimum Gasteiger partial charge on any atom is -0.481 e. The van der Waals surface area contributed by atoms with Gasteiger partial charge in [0.15, 0.2) is 0 Å². The number of rotatable bonds is 15. The first-order chi connectivity index (χ1) is 25.1. The van der Waals surface area contributed by atoms with E-state index in [1.54, 1.807) is 13.0 Å². The maximum absolute atomic E-state index is 12.5. The monoisotopic (exact) mass is 700 g/mol. The van der Waals surface area contributed by atoms with Gasteiger partial charge in [-0.15, -0.1) is 0 Å². The molecule has 1 amide bonds. The first kappa shape index (κ1) is 39.1. The van der Waals surface area contributed by atoms with Crippen LogP contribution in [0.25, 0.3) is 22.3 Å². The number of carboxylic acids is 1. The molecule has 4 aromatic carbocycles. The lowest BCUT2D eigenvalue weighted by atomic mass is 9.94. The fraction of sp³-hybridized carbons (Fsp3) is 0.279. The zero-order valence-electron chi connectivity index (χ0n) is 30.0. The predicted octanol–water partition coefficient (Wildman–Crippen LogP) is 7.41. The highest BCUT2D eigenvalue weighted by atomic mass is 16.5. The third kappa shape index (κ3) is 12.6. The Hall–Kier alpha value is -5.67. The Balaban J connectivity index is 0.000000239. The van der Waals surface area contributed by atoms with Crippen LogP contribution in [0.2, 0.25) is 0 Å². The van der Waals surface area contributed by atoms with Crippen LogP contribution in [0.15, 0.2) is 128 Å². The minimum absolute atomic E-state index is 0.0445. The van der Waals surface area contributed by atoms with E-state index >= 15 is 0 Å². The van der Waals surface area contributed by atoms with Crippen LogP contribution in [-0.2, 0) is 27.2 Å². The Morgan fingerprint density at radius 2 is 1.21 bits per heavy atom. The van der Waals surface area contributed by atoms with Crippen LogP contribution in [0, 0.1) is 11.8 Å². The quantitative estimate of drug-likeness (QED) is 0.0958. The van der Waals surface area contributed by atoms with Crippen molar-refractivity contribution in [1.29, 1.82) is 0 Å². The summed E-state index contributed by atoms with van der Waals surface area (Å²) in [6.45, 7) is 5.75. The van der Waals surface area contributed by atoms with E-state index < -0.39 is 11.9 Å². The molecule has 270 valence electrons. The average molecular weight is 701 g/mol. The number of carbonyl (C=O) groups excluding carboxylic acids is 2. The second-order valence-electron chi connectivity index (χ2n) is 13.0. The topological polar surface area (TPSA) is 144 Å². The molecule has 1 heterocycles. The van der Waals surface area contributed by atoms with Gasteiger partial charge in [-0.25, -0.2) is 0 Å². The number of nitrogens with zero attached hydrogens (tertiary/aromatic N) is 2. The number of amides is 1. The fourth-order valence-corrected chi connectivity index (χ4v) is 5.85. The van der Waals surface area contributed by atoms with E-state index in [1.165, 1.54) is 29.1 Å². The van der Waals surface area contributed by atoms with Gasteiger partial charge in [0.25, 0.3) is 5.91 Å². The summed E-state index contributed by atoms with van der Waals surface area (Å²) in [5.41, 5.74) is 13.4. The van der Waals surface area contributed by atoms with Crippen LogP contribution in [0.5, 0.6) is 0 Å². The highest BCUT2D eigenvalue weighted by Gasteiger charge is 2.21. The summed E-state index contributed by atoms with van der Waals surface area (Å²) in [7, 11) is 0. The molecule has 5 aromatic rings. The number of ether oxygens (including phenoxy) is 1. The van der Waals surface area contributed by atoms with Gasteiger partial charge in [-0.3, -0.25) is 14.4 Å². The van der Waals surface area contributed by atoms with Crippen molar-refractivity contribution in [3.8, 4) is 22.3 Å². The number of nitrogens with two attached hydrogens (primary N) is 1. The van der Waals surface area contributed by atoms with E-state index in [-0.39, 0.29) is 29.9 Å². The summed E-state index contributed by atoms with van der Waals surface area (Å²) in [6.07, 6.45) is 5.11. The number of aromatic nitrogens is 2. The van der Waals surface area contributed by atoms with Crippen molar-refractivity contribution in [3.05, 3.63) is 144 Å². The SMILES string of the molecule is CCOC(=O)[C@H](C)C[C@H](N)Cc1ccc(-c2ccccc2)cc1.C[C@H](C[C@@H](Cc1ccc(-c2ccccc2)cc1)NC(=O)c1ccnnc1)C(=O)O. The minimum atomic E-state index is -0.880. The van der Waals surface area contributed by atoms with Crippen LogP contribution >= 0.6 is 0 Å². The van der Waals surface area contributed by atoms with E-state index in [4.69, 9.17) is 10.5 Å². The summed E-state index contributed by atoms with van der Waals surface area (Å²) in [5, 5.41) is 19.6. The largest absolute Gasteiger partial charge is 0.481 e. The molecule has 0 spiro atoms. The van der Waals surface area contributed by atoms with Gasteiger partial charge in [0.2, 0.25) is 0 Å². The van der Waals surface area contributed by atoms with Gasteiger partial charge in [-0.1, -0.05) is 123 Å². The highest BCUT2D eigenvalue weighted by Crippen LogP contribution is 2.22. The maximum Gasteiger partial charge on any atom is 0.308 e. The van der Waals surface area contributed by atoms with E-state index in [1.807, 2.05) is 74.5 Å². The van der Waals surface area contributed by atoms with Crippen LogP contribution in [0.4, 0.5) is 0 Å². The molecule has 4 N–H and O–H groups in total. The lowest BCUT2D eigenvalue weighted by molar-refractivity contribution is -0.147. The number of benzene rings is 4. The Labute approximate surface area is 306 Å². The van der Waals surface area contributed by atoms with Crippen molar-refractivity contribution in [3.63, 3.8) is 0 Å². The lowest BCUT2D eigenvalue weighted by Crippen LogP contribution is -2.38. The summed E-state index contributed by atoms with van der Waals surface area (Å²) in [5.74, 6) is -2.06. The second-order valence-corrected chi connectivity index (χ2v) is 13.0. The molecule has 5 rings (SSSR count). The van der Waals surface area contributed by atoms with Crippen molar-refractivity contribution >= 4 is 17.8 Å². The van der Waals surface area contributed by atoms with Crippen LogP contribution in [0.1, 0.15) is 55.1 Å². The normalized spacial score (nSPS) is 13.0. The van der Waals surface area contributed by atoms with E-state index in [2.05, 4.69) is 64.0 Å². The summed E-state index contributed by atoms with van der Waals surface area (Å²) < 4.78 is 5.02. The molecule has 0 aliphatic rings. The summed E-state index contributed by atoms with van der Waals surface area (Å²) in [4.78, 5) is 35.5. The molecule has 0 fully saturated rings. The molecule has 0 bridgehead atoms. The fourth-order valence-electron chi connectivity index (χ4n) is 5.85. The number of hydrogen-bond donors (Lipinski definition) is 3. The molecule has 0 aliphatic carbocycles. The maximum atomic E-state index is 12.5. The van der Waals surface area contributed by atoms with E-state index in [9.17, 15) is 19.5 Å². The van der Waals surface area contributed by atoms with Crippen molar-refractivity contribution in [2.24, 2.45) is 17.6 Å². The van der Waals surface area contributed by atoms with Crippen LogP contribution in [0.3, 0.4) is 0 Å². The van der Waals surface area contributed by atoms with E-state index in [0.717, 1.165) is 23.1 Å². The summed E-state index contributed by atoms with van der Waals surface area (Å²) >= 11 is 0. The predicted molar refractivity (Wildman–Crippen MR) is 204 cm³/mol. The first-order valence-corrected chi connectivity index (χ1v) is 17.6. The zero-order valence-corrected chi connectivity index (χ0v) is 30.0. The van der Waals surface area contributed by atoms with Crippen molar-refractivity contribution in [1.82, 2.24) is 15.5 Å². The Morgan fingerprint density at radius 3 is 1.69 bits per heavy atom. The first-order valence-electron chi connectivity index (χ1n) is 17.6. The highest BCUT2D eigenvalue weighted by molar-refractivity contribution is 5.94. The van der Waals surface area contributed by atoms with Crippen molar-refractivity contribution in [2.45, 2.75) is 58.5 Å². The van der Waals surface area contributed by atoms with Gasteiger partial charge in [0.1, 0.15) is 0 Å². The van der Waals surface area contributed by atoms with Gasteiger partial charge in [-0.2, -0.15) is 10.2 Å². The summed E-state index contributed by atoms with van der Waals surface area (Å²) in [6, 6.07) is 38.1. The van der Waals surface area contributed by atoms with Crippen LogP contribution in [-0.4, -0.2) is 51.8 Å². The standard InChI is InChI=1S/C23H23N3O3.C20H25NO2/c1-16(23(28)29)13-21(26-22(27)20-11-12-24-25-15-20)14-17-7-9-19(10-8-17)18-5-3-2-4-6-18;1-3-23-20(22)15(2)13-19(21)14-16-9-11-18(12-10-16)17-7-5-4-6-8-17/h2-12,15-16,21H,13-14H2,1H3,(H,26,27)(H,28,29);4-12,15,19H,3,13-14,21H2,1-2H3/t16-,21+;15-,19+/m11/s1. The molecular formula is C43H48N4O5. The molecule has 1 aromatic heterocycles. The van der Waals surface area contributed by atoms with Gasteiger partial charge >= 0.3 is 11.9 Å². The second kappa shape index (κ2) is 20.2. The molecular weight excluding hydrogens is 652 g/mol. The molecule has 9 nitrogen and oxygen atoms in total. The molecule has 0 unspecified atom stereocenters. The molecule has 0 saturated heterocycles. The number of carbonyl (C=O) groups is 3. The number of nitrogens with one attached hydrogen (secondary N) is 1.